The van der Waals surface area contributed by atoms with Crippen molar-refractivity contribution in [2.45, 2.75) is 20.0 Å². The Hall–Kier alpha value is -3.07. The normalized spacial score (nSPS) is 10.4. The van der Waals surface area contributed by atoms with Gasteiger partial charge in [0, 0.05) is 5.56 Å². The highest BCUT2D eigenvalue weighted by Crippen LogP contribution is 2.33. The molecule has 132 valence electrons. The zero-order valence-electron chi connectivity index (χ0n) is 15.1. The minimum absolute atomic E-state index is 0.334. The summed E-state index contributed by atoms with van der Waals surface area (Å²) >= 11 is 0. The van der Waals surface area contributed by atoms with E-state index in [4.69, 9.17) is 9.47 Å². The summed E-state index contributed by atoms with van der Waals surface area (Å²) in [6, 6.07) is 23.8. The molecule has 0 saturated heterocycles. The van der Waals surface area contributed by atoms with Gasteiger partial charge in [0.25, 0.3) is 0 Å². The van der Waals surface area contributed by atoms with Crippen molar-refractivity contribution in [3.8, 4) is 16.9 Å². The van der Waals surface area contributed by atoms with E-state index in [0.717, 1.165) is 23.3 Å². The van der Waals surface area contributed by atoms with Gasteiger partial charge in [-0.3, -0.25) is 0 Å². The maximum atomic E-state index is 11.5. The topological polar surface area (TPSA) is 35.5 Å². The lowest BCUT2D eigenvalue weighted by atomic mass is 9.97. The van der Waals surface area contributed by atoms with Crippen LogP contribution in [-0.2, 0) is 17.8 Å². The first-order valence-corrected chi connectivity index (χ1v) is 8.70. The number of benzene rings is 3. The fourth-order valence-corrected chi connectivity index (χ4v) is 2.92. The molecule has 0 atom stereocenters. The Morgan fingerprint density at radius 3 is 2.19 bits per heavy atom. The van der Waals surface area contributed by atoms with E-state index in [1.807, 2.05) is 30.3 Å². The van der Waals surface area contributed by atoms with E-state index < -0.39 is 0 Å². The maximum Gasteiger partial charge on any atom is 0.337 e. The number of hydrogen-bond donors (Lipinski definition) is 0. The monoisotopic (exact) mass is 346 g/mol. The second-order valence-corrected chi connectivity index (χ2v) is 5.98. The predicted molar refractivity (Wildman–Crippen MR) is 103 cm³/mol. The average molecular weight is 346 g/mol. The lowest BCUT2D eigenvalue weighted by molar-refractivity contribution is 0.0600. The number of esters is 1. The Morgan fingerprint density at radius 2 is 1.50 bits per heavy atom. The number of rotatable bonds is 6. The molecule has 0 aliphatic heterocycles. The highest BCUT2D eigenvalue weighted by atomic mass is 16.5. The van der Waals surface area contributed by atoms with Gasteiger partial charge < -0.3 is 9.47 Å². The molecule has 0 unspecified atom stereocenters. The van der Waals surface area contributed by atoms with Crippen LogP contribution in [0, 0.1) is 0 Å². The Kier molecular flexibility index (Phi) is 5.69. The molecule has 0 N–H and O–H groups in total. The molecule has 3 nitrogen and oxygen atoms in total. The van der Waals surface area contributed by atoms with Crippen molar-refractivity contribution in [3.05, 3.63) is 89.5 Å². The standard InChI is InChI=1S/C23H22O3/c1-3-18-8-4-5-9-20(18)21-10-6-7-11-22(21)26-16-17-12-14-19(15-13-17)23(24)25-2/h4-15H,3,16H2,1-2H3. The second kappa shape index (κ2) is 8.34. The molecule has 0 radical (unpaired) electrons. The summed E-state index contributed by atoms with van der Waals surface area (Å²) in [6.07, 6.45) is 0.972. The van der Waals surface area contributed by atoms with Crippen LogP contribution in [-0.4, -0.2) is 13.1 Å². The molecular weight excluding hydrogens is 324 g/mol. The summed E-state index contributed by atoms with van der Waals surface area (Å²) in [6.45, 7) is 2.60. The number of methoxy groups -OCH3 is 1. The average Bonchev–Trinajstić information content (AvgIpc) is 2.72. The summed E-state index contributed by atoms with van der Waals surface area (Å²) in [4.78, 5) is 11.5. The Labute approximate surface area is 154 Å². The van der Waals surface area contributed by atoms with Gasteiger partial charge in [0.05, 0.1) is 12.7 Å². The first kappa shape index (κ1) is 17.7. The van der Waals surface area contributed by atoms with Crippen molar-refractivity contribution >= 4 is 5.97 Å². The van der Waals surface area contributed by atoms with Crippen LogP contribution in [0.15, 0.2) is 72.8 Å². The third kappa shape index (κ3) is 3.94. The fraction of sp³-hybridized carbons (Fsp3) is 0.174. The molecule has 3 heteroatoms. The molecule has 3 aromatic rings. The van der Waals surface area contributed by atoms with Gasteiger partial charge in [-0.15, -0.1) is 0 Å². The number of para-hydroxylation sites is 1. The van der Waals surface area contributed by atoms with Crippen molar-refractivity contribution in [2.75, 3.05) is 7.11 Å². The molecule has 0 fully saturated rings. The molecule has 0 aliphatic rings. The zero-order valence-corrected chi connectivity index (χ0v) is 15.1. The van der Waals surface area contributed by atoms with E-state index in [1.165, 1.54) is 18.2 Å². The van der Waals surface area contributed by atoms with Crippen LogP contribution >= 0.6 is 0 Å². The molecular formula is C23H22O3. The van der Waals surface area contributed by atoms with Gasteiger partial charge >= 0.3 is 5.97 Å². The Balaban J connectivity index is 1.80. The maximum absolute atomic E-state index is 11.5. The van der Waals surface area contributed by atoms with Gasteiger partial charge in [-0.25, -0.2) is 4.79 Å². The van der Waals surface area contributed by atoms with Crippen LogP contribution in [0.1, 0.15) is 28.4 Å². The van der Waals surface area contributed by atoms with Gasteiger partial charge in [0.1, 0.15) is 12.4 Å². The van der Waals surface area contributed by atoms with Crippen LogP contribution in [0.3, 0.4) is 0 Å². The number of carbonyl (C=O) groups is 1. The third-order valence-corrected chi connectivity index (χ3v) is 4.34. The molecule has 3 aromatic carbocycles. The van der Waals surface area contributed by atoms with Gasteiger partial charge in [0.15, 0.2) is 0 Å². The van der Waals surface area contributed by atoms with E-state index in [-0.39, 0.29) is 5.97 Å². The lowest BCUT2D eigenvalue weighted by Gasteiger charge is -2.14. The highest BCUT2D eigenvalue weighted by Gasteiger charge is 2.10. The Morgan fingerprint density at radius 1 is 0.846 bits per heavy atom. The molecule has 26 heavy (non-hydrogen) atoms. The zero-order chi connectivity index (χ0) is 18.4. The summed E-state index contributed by atoms with van der Waals surface area (Å²) in [7, 11) is 1.38. The number of ether oxygens (including phenoxy) is 2. The minimum Gasteiger partial charge on any atom is -0.488 e. The third-order valence-electron chi connectivity index (χ3n) is 4.34. The summed E-state index contributed by atoms with van der Waals surface area (Å²) < 4.78 is 10.8. The van der Waals surface area contributed by atoms with Crippen molar-refractivity contribution in [3.63, 3.8) is 0 Å². The van der Waals surface area contributed by atoms with Crippen LogP contribution in [0.2, 0.25) is 0 Å². The van der Waals surface area contributed by atoms with E-state index in [1.54, 1.807) is 12.1 Å². The van der Waals surface area contributed by atoms with Crippen molar-refractivity contribution < 1.29 is 14.3 Å². The summed E-state index contributed by atoms with van der Waals surface area (Å²) in [5.74, 6) is 0.518. The van der Waals surface area contributed by atoms with Gasteiger partial charge in [-0.05, 0) is 41.3 Å². The Bertz CT molecular complexity index is 882. The molecule has 0 aliphatic carbocycles. The van der Waals surface area contributed by atoms with E-state index in [9.17, 15) is 4.79 Å². The fourth-order valence-electron chi connectivity index (χ4n) is 2.92. The van der Waals surface area contributed by atoms with Crippen LogP contribution in [0.5, 0.6) is 5.75 Å². The highest BCUT2D eigenvalue weighted by molar-refractivity contribution is 5.89. The van der Waals surface area contributed by atoms with Gasteiger partial charge in [-0.1, -0.05) is 61.5 Å². The molecule has 0 aromatic heterocycles. The minimum atomic E-state index is -0.334. The first-order chi connectivity index (χ1) is 12.7. The second-order valence-electron chi connectivity index (χ2n) is 5.98. The largest absolute Gasteiger partial charge is 0.488 e. The molecule has 3 rings (SSSR count). The summed E-state index contributed by atoms with van der Waals surface area (Å²) in [5.41, 5.74) is 5.12. The number of aryl methyl sites for hydroxylation is 1. The quantitative estimate of drug-likeness (QED) is 0.570. The molecule has 0 heterocycles. The lowest BCUT2D eigenvalue weighted by Crippen LogP contribution is -2.02. The first-order valence-electron chi connectivity index (χ1n) is 8.70. The van der Waals surface area contributed by atoms with Crippen LogP contribution < -0.4 is 4.74 Å². The molecule has 0 amide bonds. The van der Waals surface area contributed by atoms with Crippen molar-refractivity contribution in [1.82, 2.24) is 0 Å². The predicted octanol–water partition coefficient (Wildman–Crippen LogP) is 5.28. The molecule has 0 saturated carbocycles. The van der Waals surface area contributed by atoms with Gasteiger partial charge in [-0.2, -0.15) is 0 Å². The summed E-state index contributed by atoms with van der Waals surface area (Å²) in [5, 5.41) is 0. The van der Waals surface area contributed by atoms with E-state index in [0.29, 0.717) is 12.2 Å². The van der Waals surface area contributed by atoms with Gasteiger partial charge in [0.2, 0.25) is 0 Å². The smallest absolute Gasteiger partial charge is 0.337 e. The van der Waals surface area contributed by atoms with Crippen molar-refractivity contribution in [2.24, 2.45) is 0 Å². The van der Waals surface area contributed by atoms with E-state index >= 15 is 0 Å². The van der Waals surface area contributed by atoms with Crippen LogP contribution in [0.4, 0.5) is 0 Å². The number of hydrogen-bond acceptors (Lipinski definition) is 3. The van der Waals surface area contributed by atoms with E-state index in [2.05, 4.69) is 37.3 Å². The van der Waals surface area contributed by atoms with Crippen molar-refractivity contribution in [1.29, 1.82) is 0 Å². The SMILES string of the molecule is CCc1ccccc1-c1ccccc1OCc1ccc(C(=O)OC)cc1. The number of carbonyl (C=O) groups excluding carboxylic acids is 1. The molecule has 0 spiro atoms. The molecule has 0 bridgehead atoms. The van der Waals surface area contributed by atoms with Crippen LogP contribution in [0.25, 0.3) is 11.1 Å².